The fourth-order valence-electron chi connectivity index (χ4n) is 0.314. The van der Waals surface area contributed by atoms with Crippen LogP contribution in [-0.4, -0.2) is 36.1 Å². The first-order valence-corrected chi connectivity index (χ1v) is 5.46. The Hall–Kier alpha value is 0.880. The van der Waals surface area contributed by atoms with E-state index in [2.05, 4.69) is 31.9 Å². The van der Waals surface area contributed by atoms with E-state index in [1.165, 1.54) is 0 Å². The summed E-state index contributed by atoms with van der Waals surface area (Å²) in [7, 11) is 0. The molecule has 2 fully saturated rings. The van der Waals surface area contributed by atoms with Crippen molar-refractivity contribution in [2.75, 3.05) is 23.9 Å². The molecule has 2 nitrogen and oxygen atoms in total. The van der Waals surface area contributed by atoms with E-state index in [1.807, 2.05) is 0 Å². The minimum atomic E-state index is 0.551. The van der Waals surface area contributed by atoms with Crippen LogP contribution >= 0.6 is 31.9 Å². The first-order chi connectivity index (χ1) is 4.86. The molecule has 2 heterocycles. The highest BCUT2D eigenvalue weighted by molar-refractivity contribution is 9.09. The second kappa shape index (κ2) is 4.70. The molecule has 0 radical (unpaired) electrons. The van der Waals surface area contributed by atoms with E-state index in [0.717, 1.165) is 23.9 Å². The molecule has 2 unspecified atom stereocenters. The zero-order valence-corrected chi connectivity index (χ0v) is 8.73. The second-order valence-corrected chi connectivity index (χ2v) is 3.51. The quantitative estimate of drug-likeness (QED) is 0.564. The van der Waals surface area contributed by atoms with Gasteiger partial charge >= 0.3 is 0 Å². The molecule has 2 aliphatic rings. The van der Waals surface area contributed by atoms with Gasteiger partial charge in [-0.2, -0.15) is 0 Å². The van der Waals surface area contributed by atoms with Crippen LogP contribution in [-0.2, 0) is 9.47 Å². The van der Waals surface area contributed by atoms with Crippen LogP contribution in [0.1, 0.15) is 0 Å². The fourth-order valence-corrected chi connectivity index (χ4v) is 1.06. The number of rotatable bonds is 2. The van der Waals surface area contributed by atoms with Gasteiger partial charge in [-0.05, 0) is 0 Å². The Balaban J connectivity index is 0.0000001000. The lowest BCUT2D eigenvalue weighted by atomic mass is 10.6. The predicted octanol–water partition coefficient (Wildman–Crippen LogP) is 1.56. The molecule has 4 heteroatoms. The van der Waals surface area contributed by atoms with Crippen LogP contribution in [0.3, 0.4) is 0 Å². The summed E-state index contributed by atoms with van der Waals surface area (Å²) < 4.78 is 9.62. The number of halogens is 2. The van der Waals surface area contributed by atoms with Crippen LogP contribution in [0, 0.1) is 0 Å². The van der Waals surface area contributed by atoms with Gasteiger partial charge in [0.25, 0.3) is 0 Å². The second-order valence-electron chi connectivity index (χ2n) is 2.22. The topological polar surface area (TPSA) is 25.1 Å². The van der Waals surface area contributed by atoms with Gasteiger partial charge in [0.05, 0.1) is 25.4 Å². The fraction of sp³-hybridized carbons (Fsp3) is 1.00. The molecule has 0 aliphatic carbocycles. The molecule has 2 saturated heterocycles. The summed E-state index contributed by atoms with van der Waals surface area (Å²) in [5.74, 6) is 0. The summed E-state index contributed by atoms with van der Waals surface area (Å²) in [6.07, 6.45) is 1.10. The molecule has 0 aromatic carbocycles. The van der Waals surface area contributed by atoms with Crippen molar-refractivity contribution < 1.29 is 9.47 Å². The van der Waals surface area contributed by atoms with Gasteiger partial charge in [-0.25, -0.2) is 0 Å². The number of hydrogen-bond acceptors (Lipinski definition) is 2. The summed E-state index contributed by atoms with van der Waals surface area (Å²) >= 11 is 6.50. The molecule has 60 valence electrons. The summed E-state index contributed by atoms with van der Waals surface area (Å²) in [5, 5.41) is 2.01. The number of alkyl halides is 2. The molecule has 0 spiro atoms. The lowest BCUT2D eigenvalue weighted by Gasteiger charge is -1.67. The van der Waals surface area contributed by atoms with Crippen molar-refractivity contribution in [3.63, 3.8) is 0 Å². The highest BCUT2D eigenvalue weighted by Crippen LogP contribution is 2.10. The maximum absolute atomic E-state index is 4.81. The highest BCUT2D eigenvalue weighted by Gasteiger charge is 2.19. The summed E-state index contributed by atoms with van der Waals surface area (Å²) in [4.78, 5) is 0. The molecule has 0 saturated carbocycles. The lowest BCUT2D eigenvalue weighted by molar-refractivity contribution is 0.427. The zero-order valence-electron chi connectivity index (χ0n) is 5.56. The van der Waals surface area contributed by atoms with E-state index < -0.39 is 0 Å². The first-order valence-electron chi connectivity index (χ1n) is 3.22. The Bertz CT molecular complexity index is 79.7. The van der Waals surface area contributed by atoms with Gasteiger partial charge in [0.2, 0.25) is 0 Å². The normalized spacial score (nSPS) is 34.2. The molecule has 0 N–H and O–H groups in total. The molecule has 2 aliphatic heterocycles. The van der Waals surface area contributed by atoms with Crippen molar-refractivity contribution in [3.05, 3.63) is 0 Å². The van der Waals surface area contributed by atoms with Crippen LogP contribution in [0.15, 0.2) is 0 Å². The van der Waals surface area contributed by atoms with Crippen molar-refractivity contribution in [1.82, 2.24) is 0 Å². The third kappa shape index (κ3) is 4.66. The molecule has 0 bridgehead atoms. The van der Waals surface area contributed by atoms with Crippen molar-refractivity contribution >= 4 is 31.9 Å². The minimum Gasteiger partial charge on any atom is -0.372 e. The van der Waals surface area contributed by atoms with E-state index in [0.29, 0.717) is 12.2 Å². The number of epoxide rings is 2. The first kappa shape index (κ1) is 8.97. The Morgan fingerprint density at radius 3 is 1.30 bits per heavy atom. The average molecular weight is 274 g/mol. The largest absolute Gasteiger partial charge is 0.372 e. The SMILES string of the molecule is BrCC1CO1.BrCC1CO1. The van der Waals surface area contributed by atoms with E-state index >= 15 is 0 Å². The zero-order chi connectivity index (χ0) is 7.40. The van der Waals surface area contributed by atoms with Gasteiger partial charge in [-0.15, -0.1) is 0 Å². The number of ether oxygens (including phenoxy) is 2. The Labute approximate surface area is 77.5 Å². The average Bonchev–Trinajstić information content (AvgIpc) is 2.86. The maximum Gasteiger partial charge on any atom is 0.0906 e. The lowest BCUT2D eigenvalue weighted by Crippen LogP contribution is -1.79. The van der Waals surface area contributed by atoms with Gasteiger partial charge in [-0.3, -0.25) is 0 Å². The van der Waals surface area contributed by atoms with Crippen LogP contribution in [0.5, 0.6) is 0 Å². The van der Waals surface area contributed by atoms with Crippen molar-refractivity contribution in [2.24, 2.45) is 0 Å². The highest BCUT2D eigenvalue weighted by atomic mass is 79.9. The van der Waals surface area contributed by atoms with Crippen LogP contribution < -0.4 is 0 Å². The molecule has 2 rings (SSSR count). The van der Waals surface area contributed by atoms with E-state index in [1.54, 1.807) is 0 Å². The summed E-state index contributed by atoms with van der Waals surface area (Å²) in [6, 6.07) is 0. The van der Waals surface area contributed by atoms with Crippen LogP contribution in [0.2, 0.25) is 0 Å². The third-order valence-corrected chi connectivity index (χ3v) is 2.59. The summed E-state index contributed by atoms with van der Waals surface area (Å²) in [5.41, 5.74) is 0. The smallest absolute Gasteiger partial charge is 0.0906 e. The molecule has 2 atom stereocenters. The molecular formula is C6H10Br2O2. The van der Waals surface area contributed by atoms with Crippen molar-refractivity contribution in [3.8, 4) is 0 Å². The van der Waals surface area contributed by atoms with Gasteiger partial charge in [-0.1, -0.05) is 31.9 Å². The van der Waals surface area contributed by atoms with Crippen molar-refractivity contribution in [1.29, 1.82) is 0 Å². The molecule has 0 aromatic heterocycles. The number of hydrogen-bond donors (Lipinski definition) is 0. The molecule has 0 amide bonds. The standard InChI is InChI=1S/2C3H5BrO/c2*4-1-3-2-5-3/h2*3H,1-2H2. The maximum atomic E-state index is 4.81. The third-order valence-electron chi connectivity index (χ3n) is 1.15. The Morgan fingerprint density at radius 1 is 1.00 bits per heavy atom. The Morgan fingerprint density at radius 2 is 1.30 bits per heavy atom. The van der Waals surface area contributed by atoms with Gasteiger partial charge in [0.15, 0.2) is 0 Å². The van der Waals surface area contributed by atoms with E-state index in [-0.39, 0.29) is 0 Å². The predicted molar refractivity (Wildman–Crippen MR) is 47.1 cm³/mol. The molecule has 10 heavy (non-hydrogen) atoms. The molecular weight excluding hydrogens is 264 g/mol. The van der Waals surface area contributed by atoms with E-state index in [9.17, 15) is 0 Å². The van der Waals surface area contributed by atoms with Crippen molar-refractivity contribution in [2.45, 2.75) is 12.2 Å². The van der Waals surface area contributed by atoms with E-state index in [4.69, 9.17) is 9.47 Å². The van der Waals surface area contributed by atoms with Gasteiger partial charge < -0.3 is 9.47 Å². The van der Waals surface area contributed by atoms with Gasteiger partial charge in [0, 0.05) is 10.7 Å². The summed E-state index contributed by atoms with van der Waals surface area (Å²) in [6.45, 7) is 1.93. The monoisotopic (exact) mass is 272 g/mol. The van der Waals surface area contributed by atoms with Gasteiger partial charge in [0.1, 0.15) is 0 Å². The molecule has 0 aromatic rings. The van der Waals surface area contributed by atoms with Crippen LogP contribution in [0.25, 0.3) is 0 Å². The van der Waals surface area contributed by atoms with Crippen LogP contribution in [0.4, 0.5) is 0 Å². The minimum absolute atomic E-state index is 0.551. The Kier molecular flexibility index (Phi) is 4.21.